The number of rotatable bonds is 2. The van der Waals surface area contributed by atoms with E-state index in [9.17, 15) is 4.79 Å². The molecule has 0 aromatic carbocycles. The lowest BCUT2D eigenvalue weighted by molar-refractivity contribution is -0.139. The summed E-state index contributed by atoms with van der Waals surface area (Å²) in [6.45, 7) is 0.664. The van der Waals surface area contributed by atoms with Crippen molar-refractivity contribution in [2.75, 3.05) is 11.4 Å². The maximum Gasteiger partial charge on any atom is 0.326 e. The van der Waals surface area contributed by atoms with Crippen molar-refractivity contribution in [2.24, 2.45) is 0 Å². The fourth-order valence-corrected chi connectivity index (χ4v) is 2.03. The van der Waals surface area contributed by atoms with Crippen LogP contribution in [0.2, 0.25) is 5.15 Å². The maximum atomic E-state index is 11.1. The van der Waals surface area contributed by atoms with Crippen LogP contribution in [-0.2, 0) is 4.79 Å². The van der Waals surface area contributed by atoms with Crippen LogP contribution in [0.25, 0.3) is 0 Å². The Labute approximate surface area is 98.1 Å². The summed E-state index contributed by atoms with van der Waals surface area (Å²) in [5, 5.41) is 9.44. The van der Waals surface area contributed by atoms with E-state index < -0.39 is 12.0 Å². The Morgan fingerprint density at radius 3 is 3.06 bits per heavy atom. The van der Waals surface area contributed by atoms with Crippen LogP contribution in [0.1, 0.15) is 19.3 Å². The molecule has 2 rings (SSSR count). The van der Waals surface area contributed by atoms with Gasteiger partial charge in [-0.1, -0.05) is 11.6 Å². The highest BCUT2D eigenvalue weighted by Gasteiger charge is 2.30. The molecule has 0 aliphatic carbocycles. The molecular formula is C10H12ClN3O2. The van der Waals surface area contributed by atoms with E-state index in [1.165, 1.54) is 6.20 Å². The first-order chi connectivity index (χ1) is 7.68. The van der Waals surface area contributed by atoms with E-state index in [2.05, 4.69) is 9.97 Å². The molecule has 0 spiro atoms. The van der Waals surface area contributed by atoms with Gasteiger partial charge in [-0.05, 0) is 25.3 Å². The summed E-state index contributed by atoms with van der Waals surface area (Å²) in [5.41, 5.74) is 0. The van der Waals surface area contributed by atoms with Gasteiger partial charge in [-0.3, -0.25) is 0 Å². The second-order valence-corrected chi connectivity index (χ2v) is 4.11. The molecule has 0 unspecified atom stereocenters. The smallest absolute Gasteiger partial charge is 0.326 e. The summed E-state index contributed by atoms with van der Waals surface area (Å²) in [5.74, 6) is -0.428. The molecule has 1 aliphatic rings. The van der Waals surface area contributed by atoms with Gasteiger partial charge in [0.1, 0.15) is 11.2 Å². The van der Waals surface area contributed by atoms with E-state index >= 15 is 0 Å². The number of anilines is 1. The van der Waals surface area contributed by atoms with E-state index in [4.69, 9.17) is 16.7 Å². The van der Waals surface area contributed by atoms with Crippen molar-refractivity contribution >= 4 is 23.5 Å². The molecule has 1 atom stereocenters. The van der Waals surface area contributed by atoms with Crippen LogP contribution in [0.3, 0.4) is 0 Å². The molecule has 1 aromatic heterocycles. The molecule has 86 valence electrons. The Balaban J connectivity index is 2.26. The summed E-state index contributed by atoms with van der Waals surface area (Å²) in [6.07, 6.45) is 4.05. The highest BCUT2D eigenvalue weighted by Crippen LogP contribution is 2.22. The first-order valence-electron chi connectivity index (χ1n) is 5.16. The molecule has 0 radical (unpaired) electrons. The number of carbonyl (C=O) groups is 1. The third-order valence-corrected chi connectivity index (χ3v) is 2.86. The van der Waals surface area contributed by atoms with Crippen LogP contribution in [0.4, 0.5) is 5.95 Å². The quantitative estimate of drug-likeness (QED) is 0.797. The first kappa shape index (κ1) is 11.1. The average Bonchev–Trinajstić information content (AvgIpc) is 2.29. The summed E-state index contributed by atoms with van der Waals surface area (Å²) in [6, 6.07) is 1.04. The van der Waals surface area contributed by atoms with Gasteiger partial charge in [0.25, 0.3) is 0 Å². The average molecular weight is 242 g/mol. The maximum absolute atomic E-state index is 11.1. The molecule has 1 saturated heterocycles. The number of aromatic nitrogens is 2. The van der Waals surface area contributed by atoms with Gasteiger partial charge in [0.05, 0.1) is 0 Å². The Bertz CT molecular complexity index is 399. The number of hydrogen-bond acceptors (Lipinski definition) is 4. The van der Waals surface area contributed by atoms with Crippen LogP contribution in [0.5, 0.6) is 0 Å². The topological polar surface area (TPSA) is 66.3 Å². The van der Waals surface area contributed by atoms with Crippen molar-refractivity contribution in [3.63, 3.8) is 0 Å². The molecule has 2 heterocycles. The molecule has 1 fully saturated rings. The molecular weight excluding hydrogens is 230 g/mol. The molecule has 6 heteroatoms. The predicted octanol–water partition coefficient (Wildman–Crippen LogP) is 1.57. The second-order valence-electron chi connectivity index (χ2n) is 3.72. The van der Waals surface area contributed by atoms with Gasteiger partial charge in [0, 0.05) is 12.7 Å². The number of hydrogen-bond donors (Lipinski definition) is 1. The largest absolute Gasteiger partial charge is 0.480 e. The number of carboxylic acid groups (broad SMARTS) is 1. The standard InChI is InChI=1S/C10H12ClN3O2/c11-8-4-5-12-10(13-8)14-6-2-1-3-7(14)9(15)16/h4-5,7H,1-3,6H2,(H,15,16)/t7-/m0/s1. The van der Waals surface area contributed by atoms with Crippen LogP contribution in [0.15, 0.2) is 12.3 Å². The highest BCUT2D eigenvalue weighted by molar-refractivity contribution is 6.29. The predicted molar refractivity (Wildman–Crippen MR) is 59.7 cm³/mol. The lowest BCUT2D eigenvalue weighted by Gasteiger charge is -2.32. The third-order valence-electron chi connectivity index (χ3n) is 2.65. The van der Waals surface area contributed by atoms with E-state index in [1.54, 1.807) is 11.0 Å². The molecule has 0 amide bonds. The van der Waals surface area contributed by atoms with Crippen molar-refractivity contribution in [3.05, 3.63) is 17.4 Å². The van der Waals surface area contributed by atoms with Crippen molar-refractivity contribution in [2.45, 2.75) is 25.3 Å². The highest BCUT2D eigenvalue weighted by atomic mass is 35.5. The lowest BCUT2D eigenvalue weighted by Crippen LogP contribution is -2.45. The van der Waals surface area contributed by atoms with Crippen molar-refractivity contribution < 1.29 is 9.90 Å². The summed E-state index contributed by atoms with van der Waals surface area (Å²) in [4.78, 5) is 20.9. The number of nitrogens with zero attached hydrogens (tertiary/aromatic N) is 3. The fraction of sp³-hybridized carbons (Fsp3) is 0.500. The van der Waals surface area contributed by atoms with Crippen molar-refractivity contribution in [3.8, 4) is 0 Å². The monoisotopic (exact) mass is 241 g/mol. The van der Waals surface area contributed by atoms with E-state index in [-0.39, 0.29) is 0 Å². The third kappa shape index (κ3) is 2.24. The second kappa shape index (κ2) is 4.65. The zero-order valence-corrected chi connectivity index (χ0v) is 9.39. The van der Waals surface area contributed by atoms with E-state index in [0.29, 0.717) is 24.1 Å². The minimum atomic E-state index is -0.830. The van der Waals surface area contributed by atoms with Gasteiger partial charge in [-0.15, -0.1) is 0 Å². The lowest BCUT2D eigenvalue weighted by atomic mass is 10.0. The van der Waals surface area contributed by atoms with Crippen LogP contribution < -0.4 is 4.90 Å². The molecule has 0 saturated carbocycles. The van der Waals surface area contributed by atoms with E-state index in [0.717, 1.165) is 12.8 Å². The molecule has 1 N–H and O–H groups in total. The summed E-state index contributed by atoms with van der Waals surface area (Å²) in [7, 11) is 0. The van der Waals surface area contributed by atoms with Crippen molar-refractivity contribution in [1.82, 2.24) is 9.97 Å². The minimum absolute atomic E-state index is 0.333. The number of aliphatic carboxylic acids is 1. The molecule has 1 aromatic rings. The van der Waals surface area contributed by atoms with Gasteiger partial charge >= 0.3 is 5.97 Å². The summed E-state index contributed by atoms with van der Waals surface area (Å²) < 4.78 is 0. The van der Waals surface area contributed by atoms with Gasteiger partial charge < -0.3 is 10.0 Å². The SMILES string of the molecule is O=C(O)[C@@H]1CCCCN1c1nccc(Cl)n1. The van der Waals surface area contributed by atoms with Crippen LogP contribution >= 0.6 is 11.6 Å². The van der Waals surface area contributed by atoms with Gasteiger partial charge in [0.15, 0.2) is 0 Å². The minimum Gasteiger partial charge on any atom is -0.480 e. The zero-order valence-electron chi connectivity index (χ0n) is 8.64. The van der Waals surface area contributed by atoms with Crippen LogP contribution in [-0.4, -0.2) is 33.6 Å². The zero-order chi connectivity index (χ0) is 11.5. The Morgan fingerprint density at radius 1 is 1.56 bits per heavy atom. The molecule has 16 heavy (non-hydrogen) atoms. The Morgan fingerprint density at radius 2 is 2.38 bits per heavy atom. The fourth-order valence-electron chi connectivity index (χ4n) is 1.89. The van der Waals surface area contributed by atoms with Gasteiger partial charge in [-0.2, -0.15) is 0 Å². The van der Waals surface area contributed by atoms with Gasteiger partial charge in [0.2, 0.25) is 5.95 Å². The number of carboxylic acids is 1. The Kier molecular flexibility index (Phi) is 3.24. The number of piperidine rings is 1. The molecule has 1 aliphatic heterocycles. The van der Waals surface area contributed by atoms with E-state index in [1.807, 2.05) is 0 Å². The molecule has 0 bridgehead atoms. The molecule has 5 nitrogen and oxygen atoms in total. The van der Waals surface area contributed by atoms with Gasteiger partial charge in [-0.25, -0.2) is 14.8 Å². The normalized spacial score (nSPS) is 20.8. The first-order valence-corrected chi connectivity index (χ1v) is 5.54. The van der Waals surface area contributed by atoms with Crippen LogP contribution in [0, 0.1) is 0 Å². The summed E-state index contributed by atoms with van der Waals surface area (Å²) >= 11 is 5.77. The Hall–Kier alpha value is -1.36. The number of halogens is 1. The van der Waals surface area contributed by atoms with Crippen molar-refractivity contribution in [1.29, 1.82) is 0 Å².